The largest absolute Gasteiger partial charge is 0.546 e. The van der Waals surface area contributed by atoms with Crippen LogP contribution in [0, 0.1) is 11.8 Å². The maximum absolute atomic E-state index is 12.1. The zero-order chi connectivity index (χ0) is 21.9. The van der Waals surface area contributed by atoms with Crippen LogP contribution in [-0.2, 0) is 9.22 Å². The molecule has 1 aliphatic rings. The summed E-state index contributed by atoms with van der Waals surface area (Å²) in [5, 5.41) is 19.9. The molecule has 29 heavy (non-hydrogen) atoms. The van der Waals surface area contributed by atoms with E-state index in [9.17, 15) is 15.0 Å². The van der Waals surface area contributed by atoms with Crippen LogP contribution in [0.4, 0.5) is 0 Å². The molecule has 4 nitrogen and oxygen atoms in total. The molecule has 0 saturated carbocycles. The Balaban J connectivity index is 2.54. The first-order valence-electron chi connectivity index (χ1n) is 10.5. The molecule has 0 bridgehead atoms. The molecule has 0 aliphatic heterocycles. The molecule has 0 amide bonds. The van der Waals surface area contributed by atoms with Crippen molar-refractivity contribution in [1.29, 1.82) is 0 Å². The summed E-state index contributed by atoms with van der Waals surface area (Å²) in [5.74, 6) is -1.36. The molecule has 0 fully saturated rings. The molecule has 0 radical (unpaired) electrons. The van der Waals surface area contributed by atoms with Crippen LogP contribution >= 0.6 is 15.9 Å². The molecule has 3 unspecified atom stereocenters. The first-order chi connectivity index (χ1) is 13.5. The van der Waals surface area contributed by atoms with Crippen molar-refractivity contribution < 1.29 is 19.4 Å². The Kier molecular flexibility index (Phi) is 8.16. The molecule has 1 aromatic carbocycles. The summed E-state index contributed by atoms with van der Waals surface area (Å²) in [5.41, 5.74) is 2.23. The zero-order valence-corrected chi connectivity index (χ0v) is 20.9. The maximum atomic E-state index is 12.1. The Morgan fingerprint density at radius 3 is 2.03 bits per heavy atom. The van der Waals surface area contributed by atoms with Gasteiger partial charge < -0.3 is 14.6 Å². The number of benzene rings is 1. The summed E-state index contributed by atoms with van der Waals surface area (Å²) in [6.07, 6.45) is 2.49. The summed E-state index contributed by atoms with van der Waals surface area (Å²) < 4.78 is 7.84. The predicted octanol–water partition coefficient (Wildman–Crippen LogP) is 6.32. The van der Waals surface area contributed by atoms with Gasteiger partial charge in [0.05, 0.1) is 11.7 Å². The van der Waals surface area contributed by atoms with Crippen molar-refractivity contribution >= 4 is 30.2 Å². The monoisotopic (exact) mass is 482 g/mol. The average Bonchev–Trinajstić information content (AvgIpc) is 2.64. The standard InChI is InChI=1S/C23H35BrO4Si/c1-14(2)29(15(3)4,16(5)6)28-20-11-18(13-25)22(23(26)27)21(12-20)17-7-9-19(24)10-8-17/h7-10,12,14-16,18,21-22,25H,11,13H2,1-6H3,(H,26,27). The van der Waals surface area contributed by atoms with E-state index in [0.29, 0.717) is 23.0 Å². The van der Waals surface area contributed by atoms with Gasteiger partial charge in [-0.25, -0.2) is 0 Å². The van der Waals surface area contributed by atoms with Gasteiger partial charge in [0.25, 0.3) is 8.32 Å². The SMILES string of the molecule is CC(C)[Si](OC1=CC(c2ccc(Br)cc2)C(C(=O)O)C(CO)C1)(C(C)C)C(C)C. The van der Waals surface area contributed by atoms with E-state index >= 15 is 0 Å². The topological polar surface area (TPSA) is 66.8 Å². The minimum absolute atomic E-state index is 0.162. The summed E-state index contributed by atoms with van der Waals surface area (Å²) in [7, 11) is -2.15. The average molecular weight is 484 g/mol. The highest BCUT2D eigenvalue weighted by molar-refractivity contribution is 9.10. The Morgan fingerprint density at radius 2 is 1.62 bits per heavy atom. The number of aliphatic carboxylic acids is 1. The van der Waals surface area contributed by atoms with Crippen LogP contribution in [0.2, 0.25) is 16.6 Å². The molecule has 0 heterocycles. The first kappa shape index (κ1) is 24.2. The number of carboxylic acid groups (broad SMARTS) is 1. The Hall–Kier alpha value is -1.11. The molecule has 0 aromatic heterocycles. The quantitative estimate of drug-likeness (QED) is 0.425. The highest BCUT2D eigenvalue weighted by Gasteiger charge is 2.49. The minimum atomic E-state index is -2.15. The van der Waals surface area contributed by atoms with Gasteiger partial charge in [-0.3, -0.25) is 4.79 Å². The summed E-state index contributed by atoms with van der Waals surface area (Å²) in [6, 6.07) is 7.77. The lowest BCUT2D eigenvalue weighted by molar-refractivity contribution is -0.145. The lowest BCUT2D eigenvalue weighted by Crippen LogP contribution is -2.48. The number of hydrogen-bond acceptors (Lipinski definition) is 3. The summed E-state index contributed by atoms with van der Waals surface area (Å²) >= 11 is 3.45. The smallest absolute Gasteiger partial charge is 0.307 e. The van der Waals surface area contributed by atoms with Crippen molar-refractivity contribution in [3.05, 3.63) is 46.1 Å². The number of carbonyl (C=O) groups is 1. The lowest BCUT2D eigenvalue weighted by atomic mass is 9.72. The summed E-state index contributed by atoms with van der Waals surface area (Å²) in [4.78, 5) is 12.1. The third kappa shape index (κ3) is 4.97. The molecular weight excluding hydrogens is 448 g/mol. The van der Waals surface area contributed by atoms with Crippen LogP contribution in [-0.4, -0.2) is 31.1 Å². The molecule has 0 saturated heterocycles. The second kappa shape index (κ2) is 9.80. The van der Waals surface area contributed by atoms with Gasteiger partial charge in [0.2, 0.25) is 0 Å². The number of aliphatic hydroxyl groups excluding tert-OH is 1. The van der Waals surface area contributed by atoms with Gasteiger partial charge in [-0.2, -0.15) is 0 Å². The van der Waals surface area contributed by atoms with Gasteiger partial charge in [0.1, 0.15) is 0 Å². The number of halogens is 1. The van der Waals surface area contributed by atoms with E-state index in [1.165, 1.54) is 0 Å². The van der Waals surface area contributed by atoms with Crippen molar-refractivity contribution in [3.63, 3.8) is 0 Å². The summed E-state index contributed by atoms with van der Waals surface area (Å²) in [6.45, 7) is 13.3. The molecule has 3 atom stereocenters. The molecular formula is C23H35BrO4Si. The second-order valence-corrected chi connectivity index (χ2v) is 15.4. The molecule has 2 rings (SSSR count). The van der Waals surface area contributed by atoms with Crippen LogP contribution in [0.3, 0.4) is 0 Å². The van der Waals surface area contributed by atoms with Gasteiger partial charge in [0, 0.05) is 29.3 Å². The molecule has 162 valence electrons. The van der Waals surface area contributed by atoms with Crippen LogP contribution in [0.1, 0.15) is 59.4 Å². The minimum Gasteiger partial charge on any atom is -0.546 e. The van der Waals surface area contributed by atoms with E-state index in [2.05, 4.69) is 57.5 Å². The molecule has 6 heteroatoms. The van der Waals surface area contributed by atoms with E-state index in [1.807, 2.05) is 30.3 Å². The van der Waals surface area contributed by atoms with E-state index in [4.69, 9.17) is 4.43 Å². The number of rotatable bonds is 8. The Labute approximate surface area is 184 Å². The molecule has 0 spiro atoms. The van der Waals surface area contributed by atoms with E-state index in [0.717, 1.165) is 15.8 Å². The zero-order valence-electron chi connectivity index (χ0n) is 18.4. The highest BCUT2D eigenvalue weighted by Crippen LogP contribution is 2.47. The third-order valence-electron chi connectivity index (χ3n) is 6.51. The predicted molar refractivity (Wildman–Crippen MR) is 123 cm³/mol. The van der Waals surface area contributed by atoms with E-state index in [-0.39, 0.29) is 18.4 Å². The fourth-order valence-electron chi connectivity index (χ4n) is 5.23. The van der Waals surface area contributed by atoms with E-state index < -0.39 is 20.2 Å². The van der Waals surface area contributed by atoms with Crippen LogP contribution in [0.25, 0.3) is 0 Å². The number of carboxylic acids is 1. The van der Waals surface area contributed by atoms with Gasteiger partial charge >= 0.3 is 5.97 Å². The lowest BCUT2D eigenvalue weighted by Gasteiger charge is -2.45. The highest BCUT2D eigenvalue weighted by atomic mass is 79.9. The van der Waals surface area contributed by atoms with E-state index in [1.54, 1.807) is 0 Å². The van der Waals surface area contributed by atoms with Crippen molar-refractivity contribution in [1.82, 2.24) is 0 Å². The van der Waals surface area contributed by atoms with Gasteiger partial charge in [0.15, 0.2) is 0 Å². The fourth-order valence-corrected chi connectivity index (χ4v) is 10.8. The van der Waals surface area contributed by atoms with Crippen LogP contribution in [0.5, 0.6) is 0 Å². The van der Waals surface area contributed by atoms with Crippen molar-refractivity contribution in [2.75, 3.05) is 6.61 Å². The third-order valence-corrected chi connectivity index (χ3v) is 13.1. The maximum Gasteiger partial charge on any atom is 0.307 e. The van der Waals surface area contributed by atoms with Gasteiger partial charge in [-0.1, -0.05) is 69.6 Å². The number of allylic oxidation sites excluding steroid dienone is 2. The van der Waals surface area contributed by atoms with Gasteiger partial charge in [-0.05, 0) is 40.4 Å². The van der Waals surface area contributed by atoms with Crippen molar-refractivity contribution in [2.24, 2.45) is 11.8 Å². The van der Waals surface area contributed by atoms with Gasteiger partial charge in [-0.15, -0.1) is 0 Å². The Morgan fingerprint density at radius 1 is 1.10 bits per heavy atom. The first-order valence-corrected chi connectivity index (χ1v) is 13.5. The van der Waals surface area contributed by atoms with Crippen LogP contribution in [0.15, 0.2) is 40.6 Å². The van der Waals surface area contributed by atoms with Crippen molar-refractivity contribution in [2.45, 2.75) is 70.5 Å². The molecule has 2 N–H and O–H groups in total. The number of hydrogen-bond donors (Lipinski definition) is 2. The van der Waals surface area contributed by atoms with Crippen LogP contribution < -0.4 is 0 Å². The fraction of sp³-hybridized carbons (Fsp3) is 0.609. The number of aliphatic hydroxyl groups is 1. The second-order valence-electron chi connectivity index (χ2n) is 9.14. The Bertz CT molecular complexity index is 705. The van der Waals surface area contributed by atoms with Crippen molar-refractivity contribution in [3.8, 4) is 0 Å². The normalized spacial score (nSPS) is 22.9. The molecule has 1 aliphatic carbocycles. The molecule has 1 aromatic rings.